The van der Waals surface area contributed by atoms with Crippen LogP contribution in [0.3, 0.4) is 0 Å². The summed E-state index contributed by atoms with van der Waals surface area (Å²) in [6.07, 6.45) is 178. The molecule has 10 nitrogen and oxygen atoms in total. The molecule has 0 saturated heterocycles. The number of hydrogen-bond donors (Lipinski definition) is 2. The van der Waals surface area contributed by atoms with Crippen LogP contribution in [-0.4, -0.2) is 77.3 Å². The van der Waals surface area contributed by atoms with Crippen molar-refractivity contribution < 1.29 is 40.8 Å². The summed E-state index contributed by atoms with van der Waals surface area (Å²) in [4.78, 5) is 10.3. The Morgan fingerprint density at radius 2 is 0.448 bits per heavy atom. The number of aliphatic carboxylic acids is 1. The van der Waals surface area contributed by atoms with Gasteiger partial charge in [-0.15, -0.1) is 0 Å². The van der Waals surface area contributed by atoms with Crippen molar-refractivity contribution in [2.24, 2.45) is 0 Å². The Morgan fingerprint density at radius 3 is 0.648 bits per heavy atom. The van der Waals surface area contributed by atoms with E-state index in [1.54, 1.807) is 0 Å². The summed E-state index contributed by atoms with van der Waals surface area (Å²) in [7, 11) is -1.95. The van der Waals surface area contributed by atoms with Gasteiger partial charge in [-0.05, 0) is 270 Å². The monoisotopic (exact) mass is 2140 g/mol. The Kier molecular flexibility index (Phi) is 167. The zero-order valence-electron chi connectivity index (χ0n) is 94.3. The molecule has 0 aromatic rings. The lowest BCUT2D eigenvalue weighted by Crippen LogP contribution is -2.03. The molecule has 0 rings (SSSR count). The number of rotatable bonds is 97. The largest absolute Gasteiger partial charge is 0.481 e. The summed E-state index contributed by atoms with van der Waals surface area (Å²) in [6.45, 7) is 17.9. The molecule has 0 radical (unpaired) electrons. The predicted octanol–water partition coefficient (Wildman–Crippen LogP) is 44.3. The van der Waals surface area contributed by atoms with E-state index < -0.39 is 25.1 Å². The van der Waals surface area contributed by atoms with Crippen molar-refractivity contribution in [2.75, 3.05) is 44.3 Å². The summed E-state index contributed by atoms with van der Waals surface area (Å²) in [5.74, 6) is -0.675. The predicted molar refractivity (Wildman–Crippen MR) is 660 cm³/mol. The lowest BCUT2D eigenvalue weighted by Gasteiger charge is -2.05. The topological polar surface area (TPSA) is 168 Å². The molecule has 145 heavy (non-hydrogen) atoms. The molecule has 2 N–H and O–H groups in total. The second-order valence-corrected chi connectivity index (χ2v) is 42.6. The van der Waals surface area contributed by atoms with E-state index in [1.807, 2.05) is 0 Å². The maximum atomic E-state index is 10.8. The van der Waals surface area contributed by atoms with Gasteiger partial charge in [0.25, 0.3) is 10.1 Å². The standard InChI is InChI=1S/C36H64O.C19H33N.C19H34O3S.C18H31Br.C18H30O2.C18H32O.CH3ClO2S.2CH4/c1-3-5-7-9-11-13-15-17-19-21-23-25-27-29-31-33-35-37-36-34-32-30-28-26-24-22-20-18-16-14-12-10-8-6-4-2;1-2-3-4-5-6-7-8-9-10-11-12-13-14-15-16-17-18-19-20;1-3-4-5-6-7-8-9-10-11-12-13-14-15-16-17-18-19-22-23(2,20)21;1-2-3-4-5-6-7-8-9-10-11-12-13-14-15-16-17-18-19;1-2-3-4-5-6-7-8-9-10-11-12-13-14-15-16-17-18(19)20;1-2-3-4-5-6-7-8-9-10-11-12-13-14-15-16-17-18-19;1-5(2,3)4;;/h5,7,11-14,17-20H,3-4,6,8-10,15-16,21-36H2,1-2H3;6-7,9-10H,2-5,8,11-18H2,1H3;4-5,7-8,10-11H,3,6,9,12-19H2,1-2H3;3-4,6-7,9-10H,2,5,8,11-18H2,1H3;3-4,6-7,9-10H,2,5,8,11-17H2,1H3,(H,19,20);3-4,6-7,9-10,19H,2,5,8,11-18H2,1H3;1H3;2*1H4/b7-5-,13-11-,14-12-,19-17-,20-18-;7-6-,10-9-;5-4-,8-7-,11-10-;3*4-3-,7-6-,10-9-;;;. The number of hydrogen-bond acceptors (Lipinski definition) is 9. The summed E-state index contributed by atoms with van der Waals surface area (Å²) in [5, 5.41) is 26.7. The van der Waals surface area contributed by atoms with Crippen LogP contribution in [0.2, 0.25) is 0 Å². The van der Waals surface area contributed by atoms with Crippen molar-refractivity contribution in [3.05, 3.63) is 231 Å². The summed E-state index contributed by atoms with van der Waals surface area (Å²) in [6, 6.07) is 2.20. The lowest BCUT2D eigenvalue weighted by molar-refractivity contribution is -0.137. The number of ether oxygens (including phenoxy) is 1. The van der Waals surface area contributed by atoms with Gasteiger partial charge in [-0.3, -0.25) is 8.98 Å². The first-order chi connectivity index (χ1) is 70.0. The zero-order chi connectivity index (χ0) is 106. The fourth-order valence-electron chi connectivity index (χ4n) is 14.3. The van der Waals surface area contributed by atoms with Gasteiger partial charge in [0.2, 0.25) is 9.05 Å². The van der Waals surface area contributed by atoms with E-state index in [2.05, 4.69) is 312 Å². The van der Waals surface area contributed by atoms with Gasteiger partial charge in [0.1, 0.15) is 0 Å². The number of carboxylic acids is 1. The second kappa shape index (κ2) is 154. The molecular weight excluding hydrogens is 1910 g/mol. The zero-order valence-corrected chi connectivity index (χ0v) is 98.3. The molecule has 0 bridgehead atoms. The molecule has 0 heterocycles. The molecule has 0 atom stereocenters. The SMILES string of the molecule is C.C.CC/C=C\C/C=C\C/C=C\CCCCCCCC(=O)O.CC/C=C\C/C=C\C/C=C\CCCCCCCCBr.CC/C=C\C/C=C\C/C=C\CCCCCCCCO.CC/C=C\C/C=C\C/C=C\CCCCCCCCOCCCCCCCC/C=C\C/C=C\CCCCC.CC/C=C\C/C=C\C/C=C\CCCCCCCCOS(C)(=O)=O.CCCCC/C=C\C/C=C\CCCCCCCCC#N.CS(=O)(=O)Cl. The Hall–Kier alpha value is -5.43. The van der Waals surface area contributed by atoms with Crippen LogP contribution in [0.25, 0.3) is 0 Å². The normalized spacial score (nSPS) is 12.1. The van der Waals surface area contributed by atoms with Crippen LogP contribution in [0.15, 0.2) is 231 Å². The average Bonchev–Trinajstić information content (AvgIpc) is 0.990. The number of nitrogens with zero attached hydrogens (tertiary/aromatic N) is 1. The number of nitriles is 1. The van der Waals surface area contributed by atoms with Crippen molar-refractivity contribution >= 4 is 51.8 Å². The summed E-state index contributed by atoms with van der Waals surface area (Å²) < 4.78 is 50.8. The van der Waals surface area contributed by atoms with Crippen molar-refractivity contribution in [1.29, 1.82) is 5.26 Å². The van der Waals surface area contributed by atoms with Crippen molar-refractivity contribution in [2.45, 2.75) is 545 Å². The van der Waals surface area contributed by atoms with E-state index in [1.165, 1.54) is 295 Å². The van der Waals surface area contributed by atoms with Gasteiger partial charge in [-0.1, -0.05) is 509 Å². The molecule has 0 aromatic carbocycles. The van der Waals surface area contributed by atoms with Crippen molar-refractivity contribution in [3.63, 3.8) is 0 Å². The number of aliphatic hydroxyl groups excluding tert-OH is 1. The lowest BCUT2D eigenvalue weighted by atomic mass is 10.1. The van der Waals surface area contributed by atoms with Crippen LogP contribution in [0, 0.1) is 11.3 Å². The van der Waals surface area contributed by atoms with Gasteiger partial charge >= 0.3 is 5.97 Å². The maximum Gasteiger partial charge on any atom is 0.303 e. The van der Waals surface area contributed by atoms with Crippen molar-refractivity contribution in [1.82, 2.24) is 0 Å². The molecular formula is C131H235BrClNO9S2. The Morgan fingerprint density at radius 1 is 0.269 bits per heavy atom. The van der Waals surface area contributed by atoms with Crippen LogP contribution in [-0.2, 0) is 32.9 Å². The summed E-state index contributed by atoms with van der Waals surface area (Å²) >= 11 is 3.47. The number of aliphatic hydroxyl groups is 1. The van der Waals surface area contributed by atoms with Gasteiger partial charge < -0.3 is 14.9 Å². The third kappa shape index (κ3) is 197. The summed E-state index contributed by atoms with van der Waals surface area (Å²) in [5.41, 5.74) is 0. The van der Waals surface area contributed by atoms with E-state index >= 15 is 0 Å². The highest BCUT2D eigenvalue weighted by molar-refractivity contribution is 9.09. The fraction of sp³-hybridized carbons (Fsp3) is 0.695. The van der Waals surface area contributed by atoms with E-state index in [9.17, 15) is 21.6 Å². The minimum absolute atomic E-state index is 0. The van der Waals surface area contributed by atoms with Gasteiger partial charge in [0.05, 0.1) is 25.2 Å². The smallest absolute Gasteiger partial charge is 0.303 e. The van der Waals surface area contributed by atoms with E-state index in [4.69, 9.17) is 24.4 Å². The second-order valence-electron chi connectivity index (χ2n) is 37.1. The third-order valence-electron chi connectivity index (χ3n) is 22.6. The Bertz CT molecular complexity index is 3290. The molecule has 844 valence electrons. The maximum absolute atomic E-state index is 10.8. The van der Waals surface area contributed by atoms with Crippen LogP contribution in [0.4, 0.5) is 0 Å². The van der Waals surface area contributed by atoms with Crippen LogP contribution >= 0.6 is 26.6 Å². The van der Waals surface area contributed by atoms with E-state index in [0.717, 1.165) is 211 Å². The molecule has 0 spiro atoms. The molecule has 0 saturated carbocycles. The highest BCUT2D eigenvalue weighted by Gasteiger charge is 2.03. The van der Waals surface area contributed by atoms with Crippen LogP contribution < -0.4 is 0 Å². The molecule has 0 aliphatic carbocycles. The van der Waals surface area contributed by atoms with Crippen molar-refractivity contribution in [3.8, 4) is 6.07 Å². The highest BCUT2D eigenvalue weighted by atomic mass is 79.9. The number of carbonyl (C=O) groups is 1. The number of alkyl halides is 1. The first-order valence-corrected chi connectivity index (χ1v) is 64.1. The minimum Gasteiger partial charge on any atom is -0.481 e. The number of halogens is 2. The molecule has 0 aliphatic rings. The Labute approximate surface area is 917 Å². The molecule has 0 unspecified atom stereocenters. The minimum atomic E-state index is -3.26. The Balaban J connectivity index is -0.000000220. The molecule has 14 heteroatoms. The number of carboxylic acid groups (broad SMARTS) is 1. The quantitative estimate of drug-likeness (QED) is 0.0197. The highest BCUT2D eigenvalue weighted by Crippen LogP contribution is 2.17. The molecule has 0 aliphatic heterocycles. The van der Waals surface area contributed by atoms with Gasteiger partial charge in [-0.25, -0.2) is 8.42 Å². The first kappa shape index (κ1) is 157. The van der Waals surface area contributed by atoms with E-state index in [-0.39, 0.29) is 14.9 Å². The fourth-order valence-corrected chi connectivity index (χ4v) is 15.1. The van der Waals surface area contributed by atoms with Gasteiger partial charge in [0.15, 0.2) is 0 Å². The van der Waals surface area contributed by atoms with Crippen LogP contribution in [0.5, 0.6) is 0 Å². The number of allylic oxidation sites excluding steroid dienone is 38. The van der Waals surface area contributed by atoms with Gasteiger partial charge in [0, 0.05) is 48.7 Å². The molecule has 0 aromatic heterocycles. The van der Waals surface area contributed by atoms with E-state index in [0.29, 0.717) is 19.6 Å². The van der Waals surface area contributed by atoms with Crippen LogP contribution in [0.1, 0.15) is 545 Å². The third-order valence-corrected chi connectivity index (χ3v) is 23.8. The molecule has 0 fully saturated rings. The average molecular weight is 2150 g/mol. The number of unbranched alkanes of at least 4 members (excludes halogenated alkanes) is 48. The molecule has 0 amide bonds. The van der Waals surface area contributed by atoms with Gasteiger partial charge in [-0.2, -0.15) is 13.7 Å². The first-order valence-electron chi connectivity index (χ1n) is 58.4.